The van der Waals surface area contributed by atoms with Crippen LogP contribution in [0.4, 0.5) is 5.69 Å². The third kappa shape index (κ3) is 4.98. The minimum absolute atomic E-state index is 0.226. The van der Waals surface area contributed by atoms with Gasteiger partial charge in [0.05, 0.1) is 5.69 Å². The highest BCUT2D eigenvalue weighted by atomic mass is 32.1. The van der Waals surface area contributed by atoms with E-state index < -0.39 is 0 Å². The van der Waals surface area contributed by atoms with Crippen molar-refractivity contribution in [2.75, 3.05) is 5.32 Å². The molecule has 0 aliphatic carbocycles. The smallest absolute Gasteiger partial charge is 0.262 e. The largest absolute Gasteiger partial charge is 0.361 e. The van der Waals surface area contributed by atoms with E-state index in [2.05, 4.69) is 32.9 Å². The van der Waals surface area contributed by atoms with Gasteiger partial charge in [0.15, 0.2) is 5.11 Å². The van der Waals surface area contributed by atoms with Crippen molar-refractivity contribution < 1.29 is 9.32 Å². The van der Waals surface area contributed by atoms with Crippen LogP contribution in [-0.2, 0) is 12.8 Å². The maximum absolute atomic E-state index is 12.3. The van der Waals surface area contributed by atoms with Crippen LogP contribution in [0, 0.1) is 13.8 Å². The van der Waals surface area contributed by atoms with Crippen LogP contribution < -0.4 is 10.6 Å². The van der Waals surface area contributed by atoms with Gasteiger partial charge in [0, 0.05) is 18.1 Å². The molecular weight excluding hydrogens is 360 g/mol. The van der Waals surface area contributed by atoms with E-state index in [1.807, 2.05) is 30.5 Å². The van der Waals surface area contributed by atoms with Gasteiger partial charge in [0.25, 0.3) is 5.91 Å². The number of benzene rings is 1. The quantitative estimate of drug-likeness (QED) is 0.659. The second-order valence-corrected chi connectivity index (χ2v) is 6.58. The molecule has 3 rings (SSSR count). The summed E-state index contributed by atoms with van der Waals surface area (Å²) in [5.74, 6) is 0.127. The lowest BCUT2D eigenvalue weighted by Gasteiger charge is -2.11. The Morgan fingerprint density at radius 1 is 1.15 bits per heavy atom. The molecule has 2 aromatic heterocycles. The van der Waals surface area contributed by atoms with E-state index in [1.165, 1.54) is 11.1 Å². The molecule has 0 spiro atoms. The summed E-state index contributed by atoms with van der Waals surface area (Å²) in [7, 11) is 0. The molecule has 27 heavy (non-hydrogen) atoms. The van der Waals surface area contributed by atoms with Gasteiger partial charge in [0.1, 0.15) is 11.3 Å². The van der Waals surface area contributed by atoms with Crippen LogP contribution in [-0.4, -0.2) is 21.2 Å². The summed E-state index contributed by atoms with van der Waals surface area (Å²) in [4.78, 5) is 16.5. The molecule has 0 aliphatic heterocycles. The number of thiocarbonyl (C=S) groups is 1. The Labute approximate surface area is 163 Å². The number of nitrogens with zero attached hydrogens (tertiary/aromatic N) is 2. The number of carbonyl (C=O) groups excluding carboxylic acids is 1. The minimum Gasteiger partial charge on any atom is -0.361 e. The van der Waals surface area contributed by atoms with Crippen LogP contribution in [0.5, 0.6) is 0 Å². The third-order valence-electron chi connectivity index (χ3n) is 4.10. The Morgan fingerprint density at radius 2 is 1.93 bits per heavy atom. The Bertz CT molecular complexity index is 934. The number of rotatable bonds is 5. The summed E-state index contributed by atoms with van der Waals surface area (Å²) in [6.07, 6.45) is 5.44. The highest BCUT2D eigenvalue weighted by Crippen LogP contribution is 2.14. The lowest BCUT2D eigenvalue weighted by Crippen LogP contribution is -2.34. The average molecular weight is 380 g/mol. The van der Waals surface area contributed by atoms with Crippen molar-refractivity contribution in [1.29, 1.82) is 0 Å². The van der Waals surface area contributed by atoms with Crippen LogP contribution in [0.15, 0.2) is 53.3 Å². The Morgan fingerprint density at radius 3 is 2.63 bits per heavy atom. The van der Waals surface area contributed by atoms with Crippen molar-refractivity contribution in [1.82, 2.24) is 15.5 Å². The summed E-state index contributed by atoms with van der Waals surface area (Å²) >= 11 is 5.25. The van der Waals surface area contributed by atoms with E-state index >= 15 is 0 Å². The number of carbonyl (C=O) groups is 1. The second kappa shape index (κ2) is 8.55. The van der Waals surface area contributed by atoms with E-state index in [0.717, 1.165) is 18.5 Å². The first-order valence-electron chi connectivity index (χ1n) is 8.56. The zero-order valence-electron chi connectivity index (χ0n) is 15.2. The first-order chi connectivity index (χ1) is 13.0. The van der Waals surface area contributed by atoms with Crippen LogP contribution in [0.2, 0.25) is 0 Å². The standard InChI is InChI=1S/C20H20N4O2S/c1-13-18(14(2)26-24-13)19(25)23-20(27)22-17-7-3-5-15(11-17)8-9-16-6-4-10-21-12-16/h3-7,10-12H,8-9H2,1-2H3,(H2,22,23,25,27). The number of hydrogen-bond acceptors (Lipinski definition) is 5. The van der Waals surface area contributed by atoms with Gasteiger partial charge < -0.3 is 9.84 Å². The maximum Gasteiger partial charge on any atom is 0.262 e. The summed E-state index contributed by atoms with van der Waals surface area (Å²) in [6.45, 7) is 3.41. The molecule has 2 N–H and O–H groups in total. The van der Waals surface area contributed by atoms with Gasteiger partial charge >= 0.3 is 0 Å². The van der Waals surface area contributed by atoms with Gasteiger partial charge in [0.2, 0.25) is 0 Å². The van der Waals surface area contributed by atoms with Gasteiger partial charge in [-0.3, -0.25) is 15.1 Å². The second-order valence-electron chi connectivity index (χ2n) is 6.17. The van der Waals surface area contributed by atoms with Gasteiger partial charge in [-0.2, -0.15) is 0 Å². The highest BCUT2D eigenvalue weighted by molar-refractivity contribution is 7.80. The molecule has 3 aromatic rings. The monoisotopic (exact) mass is 380 g/mol. The van der Waals surface area contributed by atoms with E-state index in [9.17, 15) is 4.79 Å². The lowest BCUT2D eigenvalue weighted by atomic mass is 10.1. The first kappa shape index (κ1) is 18.7. The topological polar surface area (TPSA) is 80.0 Å². The summed E-state index contributed by atoms with van der Waals surface area (Å²) in [6, 6.07) is 11.9. The van der Waals surface area contributed by atoms with Crippen molar-refractivity contribution in [2.24, 2.45) is 0 Å². The number of pyridine rings is 1. The highest BCUT2D eigenvalue weighted by Gasteiger charge is 2.18. The Balaban J connectivity index is 1.59. The molecule has 0 unspecified atom stereocenters. The number of anilines is 1. The van der Waals surface area contributed by atoms with Crippen molar-refractivity contribution in [3.63, 3.8) is 0 Å². The fraction of sp³-hybridized carbons (Fsp3) is 0.200. The van der Waals surface area contributed by atoms with Gasteiger partial charge in [-0.15, -0.1) is 0 Å². The number of nitrogens with one attached hydrogen (secondary N) is 2. The number of amides is 1. The molecule has 0 fully saturated rings. The summed E-state index contributed by atoms with van der Waals surface area (Å²) < 4.78 is 5.02. The fourth-order valence-electron chi connectivity index (χ4n) is 2.77. The normalized spacial score (nSPS) is 10.4. The van der Waals surface area contributed by atoms with Gasteiger partial charge in [-0.1, -0.05) is 23.4 Å². The molecule has 0 radical (unpaired) electrons. The van der Waals surface area contributed by atoms with Crippen LogP contribution in [0.1, 0.15) is 32.9 Å². The summed E-state index contributed by atoms with van der Waals surface area (Å²) in [5.41, 5.74) is 4.12. The molecular formula is C20H20N4O2S. The molecule has 6 nitrogen and oxygen atoms in total. The molecule has 138 valence electrons. The molecule has 1 amide bonds. The fourth-order valence-corrected chi connectivity index (χ4v) is 2.98. The van der Waals surface area contributed by atoms with E-state index in [4.69, 9.17) is 16.7 Å². The number of aromatic nitrogens is 2. The maximum atomic E-state index is 12.3. The van der Waals surface area contributed by atoms with E-state index in [0.29, 0.717) is 17.0 Å². The van der Waals surface area contributed by atoms with Crippen LogP contribution in [0.3, 0.4) is 0 Å². The van der Waals surface area contributed by atoms with Crippen LogP contribution >= 0.6 is 12.2 Å². The molecule has 0 aliphatic rings. The number of aryl methyl sites for hydroxylation is 4. The third-order valence-corrected chi connectivity index (χ3v) is 4.30. The Hall–Kier alpha value is -3.06. The molecule has 1 aromatic carbocycles. The minimum atomic E-state index is -0.337. The zero-order valence-corrected chi connectivity index (χ0v) is 16.0. The predicted octanol–water partition coefficient (Wildman–Crippen LogP) is 3.60. The molecule has 7 heteroatoms. The zero-order chi connectivity index (χ0) is 19.2. The molecule has 2 heterocycles. The van der Waals surface area contributed by atoms with E-state index in [1.54, 1.807) is 20.0 Å². The van der Waals surface area contributed by atoms with E-state index in [-0.39, 0.29) is 11.0 Å². The SMILES string of the molecule is Cc1noc(C)c1C(=O)NC(=S)Nc1cccc(CCc2cccnc2)c1. The molecule has 0 saturated carbocycles. The molecule has 0 atom stereocenters. The average Bonchev–Trinajstić information content (AvgIpc) is 2.99. The lowest BCUT2D eigenvalue weighted by molar-refractivity contribution is 0.0976. The van der Waals surface area contributed by atoms with Crippen molar-refractivity contribution in [3.8, 4) is 0 Å². The Kier molecular flexibility index (Phi) is 5.93. The van der Waals surface area contributed by atoms with Crippen molar-refractivity contribution >= 4 is 28.9 Å². The summed E-state index contributed by atoms with van der Waals surface area (Å²) in [5, 5.41) is 9.72. The number of hydrogen-bond donors (Lipinski definition) is 2. The van der Waals surface area contributed by atoms with Crippen molar-refractivity contribution in [3.05, 3.63) is 76.9 Å². The molecule has 0 saturated heterocycles. The van der Waals surface area contributed by atoms with Gasteiger partial charge in [-0.25, -0.2) is 0 Å². The van der Waals surface area contributed by atoms with Gasteiger partial charge in [-0.05, 0) is 68.2 Å². The molecule has 0 bridgehead atoms. The van der Waals surface area contributed by atoms with Crippen LogP contribution in [0.25, 0.3) is 0 Å². The van der Waals surface area contributed by atoms with Crippen molar-refractivity contribution in [2.45, 2.75) is 26.7 Å². The first-order valence-corrected chi connectivity index (χ1v) is 8.97. The predicted molar refractivity (Wildman–Crippen MR) is 108 cm³/mol.